The summed E-state index contributed by atoms with van der Waals surface area (Å²) in [6, 6.07) is 6.13. The van der Waals surface area contributed by atoms with Crippen LogP contribution in [0.15, 0.2) is 30.7 Å². The second-order valence-electron chi connectivity index (χ2n) is 6.26. The Bertz CT molecular complexity index is 660. The highest BCUT2D eigenvalue weighted by molar-refractivity contribution is 5.33. The Labute approximate surface area is 124 Å². The number of hydrogen-bond donors (Lipinski definition) is 0. The fourth-order valence-corrected chi connectivity index (χ4v) is 3.40. The molecular weight excluding hydrogens is 265 g/mol. The zero-order valence-corrected chi connectivity index (χ0v) is 12.3. The number of fused-ring (bicyclic) bond motifs is 1. The van der Waals surface area contributed by atoms with E-state index in [2.05, 4.69) is 21.4 Å². The summed E-state index contributed by atoms with van der Waals surface area (Å²) in [7, 11) is 0. The predicted octanol–water partition coefficient (Wildman–Crippen LogP) is 3.48. The highest BCUT2D eigenvalue weighted by Gasteiger charge is 2.28. The van der Waals surface area contributed by atoms with Crippen LogP contribution in [0, 0.1) is 5.82 Å². The van der Waals surface area contributed by atoms with Crippen molar-refractivity contribution in [2.75, 3.05) is 6.54 Å². The third kappa shape index (κ3) is 2.38. The van der Waals surface area contributed by atoms with Gasteiger partial charge in [-0.1, -0.05) is 6.07 Å². The van der Waals surface area contributed by atoms with Gasteiger partial charge in [0.1, 0.15) is 5.82 Å². The maximum Gasteiger partial charge on any atom is 0.123 e. The number of imidazole rings is 1. The van der Waals surface area contributed by atoms with Crippen molar-refractivity contribution in [2.24, 2.45) is 0 Å². The first-order chi connectivity index (χ1) is 10.2. The van der Waals surface area contributed by atoms with Crippen LogP contribution in [0.4, 0.5) is 4.39 Å². The molecule has 2 aromatic rings. The molecule has 110 valence electrons. The van der Waals surface area contributed by atoms with Gasteiger partial charge >= 0.3 is 0 Å². The van der Waals surface area contributed by atoms with E-state index in [-0.39, 0.29) is 11.9 Å². The molecule has 1 unspecified atom stereocenters. The van der Waals surface area contributed by atoms with Gasteiger partial charge in [0.15, 0.2) is 0 Å². The van der Waals surface area contributed by atoms with Crippen molar-refractivity contribution in [3.05, 3.63) is 53.4 Å². The van der Waals surface area contributed by atoms with Crippen LogP contribution in [-0.4, -0.2) is 21.0 Å². The minimum atomic E-state index is -0.134. The molecule has 1 atom stereocenters. The first-order valence-corrected chi connectivity index (χ1v) is 7.75. The second kappa shape index (κ2) is 4.95. The summed E-state index contributed by atoms with van der Waals surface area (Å²) >= 11 is 0. The Hall–Kier alpha value is -1.68. The molecule has 0 bridgehead atoms. The summed E-state index contributed by atoms with van der Waals surface area (Å²) in [5.41, 5.74) is 3.71. The second-order valence-corrected chi connectivity index (χ2v) is 6.26. The van der Waals surface area contributed by atoms with Crippen LogP contribution in [-0.2, 0) is 13.0 Å². The van der Waals surface area contributed by atoms with E-state index in [1.165, 1.54) is 24.1 Å². The lowest BCUT2D eigenvalue weighted by Crippen LogP contribution is -2.34. The lowest BCUT2D eigenvalue weighted by atomic mass is 9.93. The SMILES string of the molecule is CC1c2cc(F)ccc2CCN1Cc1cncn1C1CC1. The Kier molecular flexibility index (Phi) is 3.07. The molecule has 1 aromatic heterocycles. The summed E-state index contributed by atoms with van der Waals surface area (Å²) < 4.78 is 15.8. The normalized spacial score (nSPS) is 22.3. The quantitative estimate of drug-likeness (QED) is 0.861. The average Bonchev–Trinajstić information content (AvgIpc) is 3.22. The molecule has 21 heavy (non-hydrogen) atoms. The monoisotopic (exact) mass is 285 g/mol. The summed E-state index contributed by atoms with van der Waals surface area (Å²) in [6.45, 7) is 4.10. The fourth-order valence-electron chi connectivity index (χ4n) is 3.40. The Balaban J connectivity index is 1.57. The summed E-state index contributed by atoms with van der Waals surface area (Å²) in [4.78, 5) is 6.74. The van der Waals surface area contributed by atoms with Gasteiger partial charge in [-0.2, -0.15) is 0 Å². The van der Waals surface area contributed by atoms with Crippen LogP contribution in [0.3, 0.4) is 0 Å². The van der Waals surface area contributed by atoms with E-state index in [0.29, 0.717) is 6.04 Å². The number of rotatable bonds is 3. The largest absolute Gasteiger partial charge is 0.330 e. The van der Waals surface area contributed by atoms with E-state index in [0.717, 1.165) is 25.1 Å². The zero-order chi connectivity index (χ0) is 14.4. The Morgan fingerprint density at radius 3 is 3.00 bits per heavy atom. The minimum absolute atomic E-state index is 0.134. The lowest BCUT2D eigenvalue weighted by Gasteiger charge is -2.35. The molecule has 0 radical (unpaired) electrons. The van der Waals surface area contributed by atoms with Crippen molar-refractivity contribution in [1.29, 1.82) is 0 Å². The molecule has 0 saturated heterocycles. The van der Waals surface area contributed by atoms with Crippen LogP contribution in [0.2, 0.25) is 0 Å². The van der Waals surface area contributed by atoms with Crippen LogP contribution in [0.1, 0.15) is 48.7 Å². The van der Waals surface area contributed by atoms with Crippen molar-refractivity contribution in [1.82, 2.24) is 14.5 Å². The maximum absolute atomic E-state index is 13.5. The third-order valence-electron chi connectivity index (χ3n) is 4.83. The Morgan fingerprint density at radius 2 is 2.19 bits per heavy atom. The van der Waals surface area contributed by atoms with Gasteiger partial charge in [0.2, 0.25) is 0 Å². The van der Waals surface area contributed by atoms with E-state index in [4.69, 9.17) is 0 Å². The molecule has 3 nitrogen and oxygen atoms in total. The molecule has 4 rings (SSSR count). The molecule has 0 spiro atoms. The van der Waals surface area contributed by atoms with Crippen LogP contribution in [0.5, 0.6) is 0 Å². The molecule has 2 aliphatic rings. The molecule has 4 heteroatoms. The standard InChI is InChI=1S/C17H20FN3/c1-12-17-8-14(18)3-2-13(17)6-7-20(12)10-16-9-19-11-21(16)15-4-5-15/h2-3,8-9,11-12,15H,4-7,10H2,1H3. The van der Waals surface area contributed by atoms with Crippen molar-refractivity contribution in [3.63, 3.8) is 0 Å². The van der Waals surface area contributed by atoms with Gasteiger partial charge in [0.25, 0.3) is 0 Å². The van der Waals surface area contributed by atoms with Gasteiger partial charge in [-0.3, -0.25) is 4.90 Å². The summed E-state index contributed by atoms with van der Waals surface area (Å²) in [5, 5.41) is 0. The number of hydrogen-bond acceptors (Lipinski definition) is 2. The molecule has 1 fully saturated rings. The van der Waals surface area contributed by atoms with E-state index in [1.807, 2.05) is 18.6 Å². The van der Waals surface area contributed by atoms with Crippen LogP contribution in [0.25, 0.3) is 0 Å². The number of aromatic nitrogens is 2. The van der Waals surface area contributed by atoms with Crippen LogP contribution >= 0.6 is 0 Å². The van der Waals surface area contributed by atoms with Gasteiger partial charge in [-0.15, -0.1) is 0 Å². The van der Waals surface area contributed by atoms with E-state index in [1.54, 1.807) is 12.1 Å². The molecule has 1 saturated carbocycles. The minimum Gasteiger partial charge on any atom is -0.330 e. The zero-order valence-electron chi connectivity index (χ0n) is 12.3. The molecule has 1 aromatic carbocycles. The fraction of sp³-hybridized carbons (Fsp3) is 0.471. The van der Waals surface area contributed by atoms with Gasteiger partial charge < -0.3 is 4.57 Å². The van der Waals surface area contributed by atoms with E-state index >= 15 is 0 Å². The molecule has 1 aliphatic heterocycles. The van der Waals surface area contributed by atoms with Crippen LogP contribution < -0.4 is 0 Å². The molecule has 0 amide bonds. The van der Waals surface area contributed by atoms with Crippen molar-refractivity contribution < 1.29 is 4.39 Å². The first kappa shape index (κ1) is 13.0. The first-order valence-electron chi connectivity index (χ1n) is 7.75. The van der Waals surface area contributed by atoms with E-state index in [9.17, 15) is 4.39 Å². The molecule has 0 N–H and O–H groups in total. The topological polar surface area (TPSA) is 21.1 Å². The Morgan fingerprint density at radius 1 is 1.33 bits per heavy atom. The van der Waals surface area contributed by atoms with Crippen molar-refractivity contribution in [2.45, 2.75) is 44.8 Å². The van der Waals surface area contributed by atoms with Gasteiger partial charge in [0, 0.05) is 31.4 Å². The molecular formula is C17H20FN3. The predicted molar refractivity (Wildman–Crippen MR) is 79.4 cm³/mol. The lowest BCUT2D eigenvalue weighted by molar-refractivity contribution is 0.184. The molecule has 1 aliphatic carbocycles. The third-order valence-corrected chi connectivity index (χ3v) is 4.83. The summed E-state index contributed by atoms with van der Waals surface area (Å²) in [5.74, 6) is -0.134. The van der Waals surface area contributed by atoms with Crippen molar-refractivity contribution in [3.8, 4) is 0 Å². The highest BCUT2D eigenvalue weighted by Crippen LogP contribution is 2.37. The van der Waals surface area contributed by atoms with Gasteiger partial charge in [-0.25, -0.2) is 9.37 Å². The number of halogens is 1. The highest BCUT2D eigenvalue weighted by atomic mass is 19.1. The van der Waals surface area contributed by atoms with Gasteiger partial charge in [0.05, 0.1) is 12.0 Å². The maximum atomic E-state index is 13.5. The number of nitrogens with zero attached hydrogens (tertiary/aromatic N) is 3. The molecule has 2 heterocycles. The van der Waals surface area contributed by atoms with E-state index < -0.39 is 0 Å². The smallest absolute Gasteiger partial charge is 0.123 e. The summed E-state index contributed by atoms with van der Waals surface area (Å²) in [6.07, 6.45) is 7.47. The van der Waals surface area contributed by atoms with Gasteiger partial charge in [-0.05, 0) is 49.4 Å². The average molecular weight is 285 g/mol. The number of benzene rings is 1. The van der Waals surface area contributed by atoms with Crippen molar-refractivity contribution >= 4 is 0 Å².